The number of nitrogens with zero attached hydrogens (tertiary/aromatic N) is 4. The summed E-state index contributed by atoms with van der Waals surface area (Å²) in [6.07, 6.45) is 1.75. The number of fused-ring (bicyclic) bond motifs is 1. The maximum Gasteiger partial charge on any atom is 0.322 e. The van der Waals surface area contributed by atoms with Crippen LogP contribution in [0.4, 0.5) is 11.4 Å². The fourth-order valence-corrected chi connectivity index (χ4v) is 3.41. The number of amides is 1. The predicted molar refractivity (Wildman–Crippen MR) is 90.5 cm³/mol. The number of aryl methyl sites for hydroxylation is 4. The van der Waals surface area contributed by atoms with Gasteiger partial charge in [-0.1, -0.05) is 18.2 Å². The van der Waals surface area contributed by atoms with E-state index in [0.29, 0.717) is 13.1 Å². The van der Waals surface area contributed by atoms with Crippen LogP contribution in [-0.4, -0.2) is 27.2 Å². The molecule has 7 heteroatoms. The maximum atomic E-state index is 13.2. The van der Waals surface area contributed by atoms with Crippen molar-refractivity contribution in [3.8, 4) is 0 Å². The third-order valence-corrected chi connectivity index (χ3v) is 4.44. The molecule has 0 spiro atoms. The standard InChI is InChI=1S/C17H20N4O3/c1-4-20-16(15(21(23)24)12(3)18-20)17(22)19-10-6-9-13-8-5-7-11(2)14(13)19/h5,7-8H,4,6,9-10H2,1-3H3. The summed E-state index contributed by atoms with van der Waals surface area (Å²) in [5.41, 5.74) is 3.13. The number of nitro groups is 1. The number of hydrogen-bond donors (Lipinski definition) is 0. The lowest BCUT2D eigenvalue weighted by molar-refractivity contribution is -0.385. The van der Waals surface area contributed by atoms with Crippen LogP contribution in [0.3, 0.4) is 0 Å². The Morgan fingerprint density at radius 3 is 2.79 bits per heavy atom. The van der Waals surface area contributed by atoms with E-state index < -0.39 is 4.92 Å². The van der Waals surface area contributed by atoms with E-state index in [0.717, 1.165) is 29.7 Å². The Morgan fingerprint density at radius 2 is 2.12 bits per heavy atom. The molecule has 2 aromatic rings. The Kier molecular flexibility index (Phi) is 4.09. The second-order valence-corrected chi connectivity index (χ2v) is 6.00. The molecule has 1 aromatic heterocycles. The van der Waals surface area contributed by atoms with Gasteiger partial charge in [0.1, 0.15) is 5.69 Å². The molecule has 3 rings (SSSR count). The zero-order chi connectivity index (χ0) is 17.4. The van der Waals surface area contributed by atoms with Crippen molar-refractivity contribution >= 4 is 17.3 Å². The summed E-state index contributed by atoms with van der Waals surface area (Å²) in [6, 6.07) is 5.95. The minimum Gasteiger partial charge on any atom is -0.306 e. The van der Waals surface area contributed by atoms with Crippen molar-refractivity contribution in [3.63, 3.8) is 0 Å². The van der Waals surface area contributed by atoms with Gasteiger partial charge >= 0.3 is 5.69 Å². The molecule has 7 nitrogen and oxygen atoms in total. The zero-order valence-electron chi connectivity index (χ0n) is 14.1. The minimum absolute atomic E-state index is 0.0658. The predicted octanol–water partition coefficient (Wildman–Crippen LogP) is 3.02. The van der Waals surface area contributed by atoms with Gasteiger partial charge in [-0.15, -0.1) is 0 Å². The van der Waals surface area contributed by atoms with E-state index in [2.05, 4.69) is 5.10 Å². The summed E-state index contributed by atoms with van der Waals surface area (Å²) < 4.78 is 1.43. The molecule has 0 atom stereocenters. The molecule has 0 unspecified atom stereocenters. The number of rotatable bonds is 3. The van der Waals surface area contributed by atoms with Crippen LogP contribution in [0.2, 0.25) is 0 Å². The summed E-state index contributed by atoms with van der Waals surface area (Å²) >= 11 is 0. The van der Waals surface area contributed by atoms with Gasteiger partial charge in [0.25, 0.3) is 5.91 Å². The van der Waals surface area contributed by atoms with Crippen molar-refractivity contribution in [3.05, 3.63) is 50.8 Å². The second kappa shape index (κ2) is 6.07. The van der Waals surface area contributed by atoms with Crippen LogP contribution >= 0.6 is 0 Å². The van der Waals surface area contributed by atoms with Crippen LogP contribution in [0.1, 0.15) is 40.7 Å². The van der Waals surface area contributed by atoms with Gasteiger partial charge in [0, 0.05) is 13.1 Å². The van der Waals surface area contributed by atoms with Gasteiger partial charge in [-0.3, -0.25) is 19.6 Å². The third-order valence-electron chi connectivity index (χ3n) is 4.44. The molecular weight excluding hydrogens is 308 g/mol. The monoisotopic (exact) mass is 328 g/mol. The molecule has 0 saturated carbocycles. The summed E-state index contributed by atoms with van der Waals surface area (Å²) in [5.74, 6) is -0.348. The molecule has 0 fully saturated rings. The molecule has 0 saturated heterocycles. The summed E-state index contributed by atoms with van der Waals surface area (Å²) in [7, 11) is 0. The highest BCUT2D eigenvalue weighted by atomic mass is 16.6. The van der Waals surface area contributed by atoms with Crippen molar-refractivity contribution in [2.24, 2.45) is 0 Å². The topological polar surface area (TPSA) is 81.3 Å². The number of anilines is 1. The smallest absolute Gasteiger partial charge is 0.306 e. The van der Waals surface area contributed by atoms with Crippen LogP contribution in [0, 0.1) is 24.0 Å². The van der Waals surface area contributed by atoms with Crippen molar-refractivity contribution < 1.29 is 9.72 Å². The van der Waals surface area contributed by atoms with Gasteiger partial charge in [-0.25, -0.2) is 0 Å². The number of hydrogen-bond acceptors (Lipinski definition) is 4. The van der Waals surface area contributed by atoms with Crippen LogP contribution < -0.4 is 4.90 Å². The van der Waals surface area contributed by atoms with Gasteiger partial charge < -0.3 is 4.90 Å². The number of para-hydroxylation sites is 1. The van der Waals surface area contributed by atoms with E-state index in [-0.39, 0.29) is 23.0 Å². The lowest BCUT2D eigenvalue weighted by atomic mass is 9.98. The van der Waals surface area contributed by atoms with Crippen LogP contribution in [0.25, 0.3) is 0 Å². The van der Waals surface area contributed by atoms with Crippen molar-refractivity contribution in [1.29, 1.82) is 0 Å². The largest absolute Gasteiger partial charge is 0.322 e. The van der Waals surface area contributed by atoms with Crippen LogP contribution in [0.5, 0.6) is 0 Å². The first-order chi connectivity index (χ1) is 11.5. The lowest BCUT2D eigenvalue weighted by Crippen LogP contribution is -2.37. The fourth-order valence-electron chi connectivity index (χ4n) is 3.41. The number of carbonyl (C=O) groups is 1. The average molecular weight is 328 g/mol. The number of aromatic nitrogens is 2. The summed E-state index contributed by atoms with van der Waals surface area (Å²) in [4.78, 5) is 25.8. The Bertz CT molecular complexity index is 825. The molecule has 1 aliphatic rings. The van der Waals surface area contributed by atoms with E-state index in [1.807, 2.05) is 32.0 Å². The first kappa shape index (κ1) is 16.2. The Morgan fingerprint density at radius 1 is 1.38 bits per heavy atom. The minimum atomic E-state index is -0.509. The normalized spacial score (nSPS) is 13.7. The molecule has 0 radical (unpaired) electrons. The van der Waals surface area contributed by atoms with Gasteiger partial charge in [0.2, 0.25) is 5.69 Å². The van der Waals surface area contributed by atoms with Crippen LogP contribution in [0.15, 0.2) is 18.2 Å². The maximum absolute atomic E-state index is 13.2. The average Bonchev–Trinajstić information content (AvgIpc) is 2.90. The summed E-state index contributed by atoms with van der Waals surface area (Å²) in [5, 5.41) is 15.6. The van der Waals surface area contributed by atoms with Crippen molar-refractivity contribution in [2.45, 2.75) is 40.2 Å². The molecule has 1 aliphatic heterocycles. The van der Waals surface area contributed by atoms with E-state index in [1.54, 1.807) is 11.8 Å². The highest BCUT2D eigenvalue weighted by Gasteiger charge is 2.35. The van der Waals surface area contributed by atoms with E-state index in [4.69, 9.17) is 0 Å². The van der Waals surface area contributed by atoms with Gasteiger partial charge in [0.15, 0.2) is 0 Å². The molecule has 1 aromatic carbocycles. The van der Waals surface area contributed by atoms with Crippen molar-refractivity contribution in [1.82, 2.24) is 9.78 Å². The SMILES string of the molecule is CCn1nc(C)c([N+](=O)[O-])c1C(=O)N1CCCc2cccc(C)c21. The fraction of sp³-hybridized carbons (Fsp3) is 0.412. The number of benzene rings is 1. The second-order valence-electron chi connectivity index (χ2n) is 6.00. The highest BCUT2D eigenvalue weighted by molar-refractivity contribution is 6.08. The van der Waals surface area contributed by atoms with Crippen LogP contribution in [-0.2, 0) is 13.0 Å². The Labute approximate surface area is 140 Å². The first-order valence-electron chi connectivity index (χ1n) is 8.07. The van der Waals surface area contributed by atoms with Gasteiger partial charge in [-0.2, -0.15) is 5.10 Å². The van der Waals surface area contributed by atoms with E-state index in [1.165, 1.54) is 4.68 Å². The molecule has 0 N–H and O–H groups in total. The molecule has 1 amide bonds. The molecule has 0 bridgehead atoms. The summed E-state index contributed by atoms with van der Waals surface area (Å²) in [6.45, 7) is 6.31. The third kappa shape index (κ3) is 2.46. The van der Waals surface area contributed by atoms with E-state index >= 15 is 0 Å². The zero-order valence-corrected chi connectivity index (χ0v) is 14.1. The molecule has 24 heavy (non-hydrogen) atoms. The van der Waals surface area contributed by atoms with E-state index in [9.17, 15) is 14.9 Å². The quantitative estimate of drug-likeness (QED) is 0.640. The molecule has 2 heterocycles. The number of carbonyl (C=O) groups excluding carboxylic acids is 1. The first-order valence-corrected chi connectivity index (χ1v) is 8.07. The lowest BCUT2D eigenvalue weighted by Gasteiger charge is -2.30. The molecule has 126 valence electrons. The highest BCUT2D eigenvalue weighted by Crippen LogP contribution is 2.33. The Hall–Kier alpha value is -2.70. The molecule has 0 aliphatic carbocycles. The Balaban J connectivity index is 2.14. The van der Waals surface area contributed by atoms with Gasteiger partial charge in [-0.05, 0) is 44.7 Å². The molecular formula is C17H20N4O3. The van der Waals surface area contributed by atoms with Crippen molar-refractivity contribution in [2.75, 3.05) is 11.4 Å². The van der Waals surface area contributed by atoms with Gasteiger partial charge in [0.05, 0.1) is 10.6 Å².